The van der Waals surface area contributed by atoms with Crippen molar-refractivity contribution in [3.63, 3.8) is 0 Å². The molecule has 0 spiro atoms. The van der Waals surface area contributed by atoms with Gasteiger partial charge in [0.2, 0.25) is 5.91 Å². The van der Waals surface area contributed by atoms with E-state index in [0.29, 0.717) is 0 Å². The molecule has 1 heterocycles. The molecule has 1 atom stereocenters. The van der Waals surface area contributed by atoms with Gasteiger partial charge in [-0.2, -0.15) is 0 Å². The first-order valence-corrected chi connectivity index (χ1v) is 9.71. The molecule has 25 heavy (non-hydrogen) atoms. The standard InChI is InChI=1S/C21H35N3O/c1-6-22(7-2)19(18-12-9-8-10-13-18)20(25)23-14-11-15-24(17-16-23)21(3,4)5/h8-10,12-13,19H,6-7,11,14-17H2,1-5H3. The summed E-state index contributed by atoms with van der Waals surface area (Å²) in [6, 6.07) is 10.1. The van der Waals surface area contributed by atoms with Crippen LogP contribution in [0.4, 0.5) is 0 Å². The minimum absolute atomic E-state index is 0.163. The maximum Gasteiger partial charge on any atom is 0.244 e. The molecule has 1 fully saturated rings. The van der Waals surface area contributed by atoms with E-state index in [0.717, 1.165) is 51.3 Å². The molecule has 1 amide bonds. The van der Waals surface area contributed by atoms with Gasteiger partial charge in [-0.15, -0.1) is 0 Å². The Morgan fingerprint density at radius 3 is 2.24 bits per heavy atom. The molecule has 4 nitrogen and oxygen atoms in total. The normalized spacial score (nSPS) is 18.2. The third-order valence-corrected chi connectivity index (χ3v) is 5.28. The van der Waals surface area contributed by atoms with Crippen LogP contribution in [0.2, 0.25) is 0 Å². The highest BCUT2D eigenvalue weighted by Gasteiger charge is 2.32. The molecule has 0 saturated carbocycles. The van der Waals surface area contributed by atoms with Crippen molar-refractivity contribution in [2.24, 2.45) is 0 Å². The highest BCUT2D eigenvalue weighted by Crippen LogP contribution is 2.24. The van der Waals surface area contributed by atoms with Gasteiger partial charge < -0.3 is 4.90 Å². The SMILES string of the molecule is CCN(CC)C(C(=O)N1CCCN(C(C)(C)C)CC1)c1ccccc1. The highest BCUT2D eigenvalue weighted by atomic mass is 16.2. The molecule has 140 valence electrons. The van der Waals surface area contributed by atoms with Crippen molar-refractivity contribution in [1.82, 2.24) is 14.7 Å². The zero-order valence-corrected chi connectivity index (χ0v) is 16.7. The van der Waals surface area contributed by atoms with Gasteiger partial charge in [0.1, 0.15) is 6.04 Å². The van der Waals surface area contributed by atoms with Crippen molar-refractivity contribution in [2.45, 2.75) is 52.6 Å². The third-order valence-electron chi connectivity index (χ3n) is 5.28. The number of likely N-dealkylation sites (N-methyl/N-ethyl adjacent to an activating group) is 1. The molecule has 1 unspecified atom stereocenters. The smallest absolute Gasteiger partial charge is 0.244 e. The van der Waals surface area contributed by atoms with Crippen molar-refractivity contribution in [2.75, 3.05) is 39.3 Å². The van der Waals surface area contributed by atoms with Gasteiger partial charge in [-0.3, -0.25) is 14.6 Å². The van der Waals surface area contributed by atoms with Crippen molar-refractivity contribution in [3.8, 4) is 0 Å². The van der Waals surface area contributed by atoms with Gasteiger partial charge in [-0.05, 0) is 45.8 Å². The van der Waals surface area contributed by atoms with Crippen LogP contribution < -0.4 is 0 Å². The third kappa shape index (κ3) is 5.05. The van der Waals surface area contributed by atoms with Crippen LogP contribution in [0.1, 0.15) is 52.6 Å². The summed E-state index contributed by atoms with van der Waals surface area (Å²) in [7, 11) is 0. The minimum atomic E-state index is -0.169. The number of amides is 1. The molecule has 1 saturated heterocycles. The fraction of sp³-hybridized carbons (Fsp3) is 0.667. The summed E-state index contributed by atoms with van der Waals surface area (Å²) in [5.41, 5.74) is 1.27. The Balaban J connectivity index is 2.19. The molecule has 1 aromatic carbocycles. The van der Waals surface area contributed by atoms with Gasteiger partial charge in [0, 0.05) is 31.7 Å². The van der Waals surface area contributed by atoms with E-state index in [1.807, 2.05) is 18.2 Å². The zero-order valence-electron chi connectivity index (χ0n) is 16.7. The van der Waals surface area contributed by atoms with Crippen LogP contribution in [-0.2, 0) is 4.79 Å². The predicted molar refractivity (Wildman–Crippen MR) is 105 cm³/mol. The first-order chi connectivity index (χ1) is 11.9. The number of carbonyl (C=O) groups excluding carboxylic acids is 1. The largest absolute Gasteiger partial charge is 0.340 e. The van der Waals surface area contributed by atoms with Crippen LogP contribution in [0.25, 0.3) is 0 Å². The Labute approximate surface area is 153 Å². The number of nitrogens with zero attached hydrogens (tertiary/aromatic N) is 3. The van der Waals surface area contributed by atoms with Gasteiger partial charge in [0.25, 0.3) is 0 Å². The molecule has 4 heteroatoms. The maximum atomic E-state index is 13.4. The summed E-state index contributed by atoms with van der Waals surface area (Å²) in [6.45, 7) is 16.5. The number of rotatable bonds is 5. The van der Waals surface area contributed by atoms with Gasteiger partial charge >= 0.3 is 0 Å². The summed E-state index contributed by atoms with van der Waals surface area (Å²) in [5.74, 6) is 0.255. The average Bonchev–Trinajstić information content (AvgIpc) is 2.86. The second kappa shape index (κ2) is 8.81. The number of hydrogen-bond donors (Lipinski definition) is 0. The number of carbonyl (C=O) groups is 1. The lowest BCUT2D eigenvalue weighted by atomic mass is 10.0. The Kier molecular flexibility index (Phi) is 7.03. The predicted octanol–water partition coefficient (Wildman–Crippen LogP) is 3.40. The second-order valence-corrected chi connectivity index (χ2v) is 7.87. The summed E-state index contributed by atoms with van der Waals surface area (Å²) < 4.78 is 0. The summed E-state index contributed by atoms with van der Waals surface area (Å²) >= 11 is 0. The van der Waals surface area contributed by atoms with Crippen LogP contribution >= 0.6 is 0 Å². The Morgan fingerprint density at radius 1 is 1.04 bits per heavy atom. The van der Waals surface area contributed by atoms with Gasteiger partial charge in [-0.1, -0.05) is 44.2 Å². The maximum absolute atomic E-state index is 13.4. The minimum Gasteiger partial charge on any atom is -0.340 e. The molecule has 1 aliphatic heterocycles. The lowest BCUT2D eigenvalue weighted by molar-refractivity contribution is -0.137. The Morgan fingerprint density at radius 2 is 1.68 bits per heavy atom. The Hall–Kier alpha value is -1.39. The van der Waals surface area contributed by atoms with E-state index >= 15 is 0 Å². The van der Waals surface area contributed by atoms with E-state index in [9.17, 15) is 4.79 Å². The summed E-state index contributed by atoms with van der Waals surface area (Å²) in [5, 5.41) is 0. The Bertz CT molecular complexity index is 534. The van der Waals surface area contributed by atoms with Crippen LogP contribution in [0.15, 0.2) is 30.3 Å². The number of hydrogen-bond acceptors (Lipinski definition) is 3. The zero-order chi connectivity index (χ0) is 18.4. The molecule has 1 aliphatic rings. The highest BCUT2D eigenvalue weighted by molar-refractivity contribution is 5.83. The topological polar surface area (TPSA) is 26.8 Å². The molecule has 0 N–H and O–H groups in total. The monoisotopic (exact) mass is 345 g/mol. The van der Waals surface area contributed by atoms with Crippen molar-refractivity contribution in [3.05, 3.63) is 35.9 Å². The van der Waals surface area contributed by atoms with Gasteiger partial charge in [0.05, 0.1) is 0 Å². The van der Waals surface area contributed by atoms with Crippen LogP contribution in [0, 0.1) is 0 Å². The molecule has 0 aliphatic carbocycles. The molecular formula is C21H35N3O. The van der Waals surface area contributed by atoms with Crippen molar-refractivity contribution < 1.29 is 4.79 Å². The molecule has 0 bridgehead atoms. The van der Waals surface area contributed by atoms with E-state index in [1.165, 1.54) is 0 Å². The summed E-state index contributed by atoms with van der Waals surface area (Å²) in [4.78, 5) is 20.3. The fourth-order valence-corrected chi connectivity index (χ4v) is 3.72. The lowest BCUT2D eigenvalue weighted by Crippen LogP contribution is -2.46. The average molecular weight is 346 g/mol. The van der Waals surface area contributed by atoms with E-state index < -0.39 is 0 Å². The molecular weight excluding hydrogens is 310 g/mol. The molecule has 1 aromatic rings. The van der Waals surface area contributed by atoms with Crippen LogP contribution in [0.3, 0.4) is 0 Å². The molecule has 2 rings (SSSR count). The fourth-order valence-electron chi connectivity index (χ4n) is 3.72. The first-order valence-electron chi connectivity index (χ1n) is 9.71. The van der Waals surface area contributed by atoms with E-state index in [-0.39, 0.29) is 17.5 Å². The van der Waals surface area contributed by atoms with Crippen molar-refractivity contribution in [1.29, 1.82) is 0 Å². The van der Waals surface area contributed by atoms with Crippen LogP contribution in [-0.4, -0.2) is 65.4 Å². The molecule has 0 radical (unpaired) electrons. The van der Waals surface area contributed by atoms with E-state index in [4.69, 9.17) is 0 Å². The van der Waals surface area contributed by atoms with E-state index in [2.05, 4.69) is 61.5 Å². The quantitative estimate of drug-likeness (QED) is 0.818. The van der Waals surface area contributed by atoms with Crippen LogP contribution in [0.5, 0.6) is 0 Å². The molecule has 0 aromatic heterocycles. The van der Waals surface area contributed by atoms with Gasteiger partial charge in [-0.25, -0.2) is 0 Å². The van der Waals surface area contributed by atoms with E-state index in [1.54, 1.807) is 0 Å². The lowest BCUT2D eigenvalue weighted by Gasteiger charge is -2.35. The van der Waals surface area contributed by atoms with Crippen molar-refractivity contribution >= 4 is 5.91 Å². The first kappa shape index (κ1) is 19.9. The summed E-state index contributed by atoms with van der Waals surface area (Å²) in [6.07, 6.45) is 1.04. The second-order valence-electron chi connectivity index (χ2n) is 7.87. The number of benzene rings is 1. The van der Waals surface area contributed by atoms with Gasteiger partial charge in [0.15, 0.2) is 0 Å².